The second-order valence-corrected chi connectivity index (χ2v) is 6.38. The second kappa shape index (κ2) is 8.13. The predicted molar refractivity (Wildman–Crippen MR) is 77.4 cm³/mol. The first-order valence-electron chi connectivity index (χ1n) is 7.91. The highest BCUT2D eigenvalue weighted by Gasteiger charge is 2.24. The molecule has 1 unspecified atom stereocenters. The van der Waals surface area contributed by atoms with Crippen molar-refractivity contribution in [2.24, 2.45) is 11.3 Å². The summed E-state index contributed by atoms with van der Waals surface area (Å²) in [6, 6.07) is 0. The van der Waals surface area contributed by atoms with E-state index in [-0.39, 0.29) is 0 Å². The second-order valence-electron chi connectivity index (χ2n) is 6.38. The molecule has 0 aliphatic heterocycles. The van der Waals surface area contributed by atoms with Gasteiger partial charge in [0.05, 0.1) is 0 Å². The zero-order chi connectivity index (χ0) is 12.6. The molecule has 1 fully saturated rings. The summed E-state index contributed by atoms with van der Waals surface area (Å²) in [6.45, 7) is 9.35. The van der Waals surface area contributed by atoms with E-state index in [2.05, 4.69) is 26.1 Å². The van der Waals surface area contributed by atoms with Gasteiger partial charge in [0.25, 0.3) is 0 Å². The van der Waals surface area contributed by atoms with Crippen molar-refractivity contribution in [2.75, 3.05) is 13.1 Å². The highest BCUT2D eigenvalue weighted by Crippen LogP contribution is 2.34. The van der Waals surface area contributed by atoms with Crippen LogP contribution in [0, 0.1) is 11.3 Å². The topological polar surface area (TPSA) is 12.0 Å². The Balaban J connectivity index is 2.31. The van der Waals surface area contributed by atoms with Gasteiger partial charge in [-0.2, -0.15) is 0 Å². The number of rotatable bonds is 8. The fraction of sp³-hybridized carbons (Fsp3) is 1.00. The first-order valence-corrected chi connectivity index (χ1v) is 7.91. The third kappa shape index (κ3) is 5.90. The van der Waals surface area contributed by atoms with Gasteiger partial charge in [-0.3, -0.25) is 0 Å². The molecule has 1 saturated carbocycles. The molecule has 1 rings (SSSR count). The maximum Gasteiger partial charge on any atom is 0.000504 e. The van der Waals surface area contributed by atoms with Crippen LogP contribution in [0.2, 0.25) is 0 Å². The van der Waals surface area contributed by atoms with Crippen molar-refractivity contribution in [3.63, 3.8) is 0 Å². The molecule has 1 aliphatic carbocycles. The molecule has 0 aromatic carbocycles. The standard InChI is InChI=1S/C16H33N/c1-4-12-16(3,14-17-5-2)13-11-15-9-7-6-8-10-15/h15,17H,4-14H2,1-3H3. The van der Waals surface area contributed by atoms with Crippen molar-refractivity contribution < 1.29 is 0 Å². The molecular formula is C16H33N. The fourth-order valence-electron chi connectivity index (χ4n) is 3.36. The molecule has 102 valence electrons. The van der Waals surface area contributed by atoms with Crippen LogP contribution in [-0.4, -0.2) is 13.1 Å². The third-order valence-corrected chi connectivity index (χ3v) is 4.54. The summed E-state index contributed by atoms with van der Waals surface area (Å²) in [5, 5.41) is 3.56. The third-order valence-electron chi connectivity index (χ3n) is 4.54. The van der Waals surface area contributed by atoms with E-state index in [0.29, 0.717) is 5.41 Å². The lowest BCUT2D eigenvalue weighted by Gasteiger charge is -2.32. The van der Waals surface area contributed by atoms with E-state index in [1.54, 1.807) is 0 Å². The summed E-state index contributed by atoms with van der Waals surface area (Å²) in [4.78, 5) is 0. The van der Waals surface area contributed by atoms with Crippen molar-refractivity contribution in [1.29, 1.82) is 0 Å². The maximum atomic E-state index is 3.56. The van der Waals surface area contributed by atoms with Crippen molar-refractivity contribution >= 4 is 0 Å². The van der Waals surface area contributed by atoms with E-state index in [4.69, 9.17) is 0 Å². The van der Waals surface area contributed by atoms with Crippen LogP contribution in [-0.2, 0) is 0 Å². The van der Waals surface area contributed by atoms with Crippen LogP contribution < -0.4 is 5.32 Å². The summed E-state index contributed by atoms with van der Waals surface area (Å²) >= 11 is 0. The van der Waals surface area contributed by atoms with Gasteiger partial charge >= 0.3 is 0 Å². The summed E-state index contributed by atoms with van der Waals surface area (Å²) in [7, 11) is 0. The minimum absolute atomic E-state index is 0.544. The van der Waals surface area contributed by atoms with Gasteiger partial charge in [0, 0.05) is 6.54 Å². The Morgan fingerprint density at radius 2 is 1.76 bits per heavy atom. The van der Waals surface area contributed by atoms with Gasteiger partial charge in [-0.25, -0.2) is 0 Å². The van der Waals surface area contributed by atoms with Crippen LogP contribution in [0.15, 0.2) is 0 Å². The number of hydrogen-bond acceptors (Lipinski definition) is 1. The Kier molecular flexibility index (Phi) is 7.18. The quantitative estimate of drug-likeness (QED) is 0.644. The molecule has 0 saturated heterocycles. The van der Waals surface area contributed by atoms with Gasteiger partial charge in [-0.1, -0.05) is 59.3 Å². The van der Waals surface area contributed by atoms with Gasteiger partial charge in [-0.15, -0.1) is 0 Å². The van der Waals surface area contributed by atoms with Gasteiger partial charge in [0.1, 0.15) is 0 Å². The summed E-state index contributed by atoms with van der Waals surface area (Å²) in [5.74, 6) is 1.04. The Bertz CT molecular complexity index is 184. The normalized spacial score (nSPS) is 21.4. The predicted octanol–water partition coefficient (Wildman–Crippen LogP) is 4.76. The monoisotopic (exact) mass is 239 g/mol. The fourth-order valence-corrected chi connectivity index (χ4v) is 3.36. The molecule has 1 nitrogen and oxygen atoms in total. The highest BCUT2D eigenvalue weighted by molar-refractivity contribution is 4.78. The average Bonchev–Trinajstić information content (AvgIpc) is 2.36. The van der Waals surface area contributed by atoms with Crippen LogP contribution >= 0.6 is 0 Å². The number of hydrogen-bond donors (Lipinski definition) is 1. The zero-order valence-electron chi connectivity index (χ0n) is 12.4. The summed E-state index contributed by atoms with van der Waals surface area (Å²) < 4.78 is 0. The van der Waals surface area contributed by atoms with Gasteiger partial charge in [0.2, 0.25) is 0 Å². The van der Waals surface area contributed by atoms with Crippen molar-refractivity contribution in [3.8, 4) is 0 Å². The van der Waals surface area contributed by atoms with Crippen molar-refractivity contribution in [3.05, 3.63) is 0 Å². The minimum atomic E-state index is 0.544. The lowest BCUT2D eigenvalue weighted by molar-refractivity contribution is 0.215. The van der Waals surface area contributed by atoms with Gasteiger partial charge in [-0.05, 0) is 37.1 Å². The first-order chi connectivity index (χ1) is 8.20. The Labute approximate surface area is 109 Å². The van der Waals surface area contributed by atoms with Crippen LogP contribution in [0.1, 0.15) is 78.6 Å². The first kappa shape index (κ1) is 15.0. The number of nitrogens with one attached hydrogen (secondary N) is 1. The molecule has 17 heavy (non-hydrogen) atoms. The Morgan fingerprint density at radius 3 is 2.35 bits per heavy atom. The van der Waals surface area contributed by atoms with Crippen LogP contribution in [0.3, 0.4) is 0 Å². The van der Waals surface area contributed by atoms with E-state index in [1.165, 1.54) is 64.3 Å². The molecule has 1 heteroatoms. The SMILES string of the molecule is CCCC(C)(CCC1CCCCC1)CNCC. The molecule has 1 N–H and O–H groups in total. The Hall–Kier alpha value is -0.0400. The molecule has 0 bridgehead atoms. The lowest BCUT2D eigenvalue weighted by Crippen LogP contribution is -2.32. The van der Waals surface area contributed by atoms with Crippen molar-refractivity contribution in [1.82, 2.24) is 5.32 Å². The Morgan fingerprint density at radius 1 is 1.06 bits per heavy atom. The molecule has 0 amide bonds. The van der Waals surface area contributed by atoms with Crippen LogP contribution in [0.25, 0.3) is 0 Å². The maximum absolute atomic E-state index is 3.56. The van der Waals surface area contributed by atoms with E-state index in [0.717, 1.165) is 12.5 Å². The highest BCUT2D eigenvalue weighted by atomic mass is 14.9. The van der Waals surface area contributed by atoms with Crippen LogP contribution in [0.5, 0.6) is 0 Å². The smallest absolute Gasteiger partial charge is 0.000504 e. The molecule has 0 heterocycles. The van der Waals surface area contributed by atoms with E-state index < -0.39 is 0 Å². The molecule has 0 aromatic rings. The minimum Gasteiger partial charge on any atom is -0.316 e. The molecule has 1 aliphatic rings. The molecule has 0 radical (unpaired) electrons. The van der Waals surface area contributed by atoms with Gasteiger partial charge < -0.3 is 5.32 Å². The van der Waals surface area contributed by atoms with Crippen molar-refractivity contribution in [2.45, 2.75) is 78.6 Å². The molecule has 1 atom stereocenters. The largest absolute Gasteiger partial charge is 0.316 e. The molecular weight excluding hydrogens is 206 g/mol. The van der Waals surface area contributed by atoms with Crippen LogP contribution in [0.4, 0.5) is 0 Å². The van der Waals surface area contributed by atoms with E-state index in [1.807, 2.05) is 0 Å². The summed E-state index contributed by atoms with van der Waals surface area (Å²) in [5.41, 5.74) is 0.544. The van der Waals surface area contributed by atoms with Gasteiger partial charge in [0.15, 0.2) is 0 Å². The molecule has 0 spiro atoms. The molecule has 0 aromatic heterocycles. The van der Waals surface area contributed by atoms with E-state index in [9.17, 15) is 0 Å². The zero-order valence-corrected chi connectivity index (χ0v) is 12.4. The summed E-state index contributed by atoms with van der Waals surface area (Å²) in [6.07, 6.45) is 13.1. The lowest BCUT2D eigenvalue weighted by atomic mass is 9.76. The average molecular weight is 239 g/mol. The van der Waals surface area contributed by atoms with E-state index >= 15 is 0 Å².